The van der Waals surface area contributed by atoms with E-state index in [1.54, 1.807) is 6.33 Å². The highest BCUT2D eigenvalue weighted by Gasteiger charge is 2.16. The van der Waals surface area contributed by atoms with Crippen molar-refractivity contribution < 1.29 is 4.42 Å². The molecule has 0 saturated heterocycles. The molecular formula is C17H11N5O. The molecule has 0 fully saturated rings. The van der Waals surface area contributed by atoms with Gasteiger partial charge in [-0.1, -0.05) is 30.3 Å². The minimum Gasteiger partial charge on any atom is -0.455 e. The molecule has 2 aromatic carbocycles. The molecular weight excluding hydrogens is 290 g/mol. The van der Waals surface area contributed by atoms with E-state index < -0.39 is 0 Å². The van der Waals surface area contributed by atoms with Gasteiger partial charge in [0.15, 0.2) is 5.65 Å². The second-order valence-electron chi connectivity index (χ2n) is 5.31. The van der Waals surface area contributed by atoms with E-state index in [4.69, 9.17) is 10.2 Å². The summed E-state index contributed by atoms with van der Waals surface area (Å²) in [5.41, 5.74) is 10.3. The van der Waals surface area contributed by atoms with Gasteiger partial charge in [0.05, 0.1) is 6.33 Å². The van der Waals surface area contributed by atoms with E-state index in [0.717, 1.165) is 33.0 Å². The maximum Gasteiger partial charge on any atom is 0.222 e. The third-order valence-electron chi connectivity index (χ3n) is 3.96. The maximum atomic E-state index is 6.07. The molecule has 3 aromatic heterocycles. The van der Waals surface area contributed by atoms with Crippen LogP contribution < -0.4 is 5.73 Å². The summed E-state index contributed by atoms with van der Waals surface area (Å²) in [7, 11) is 0. The third-order valence-corrected chi connectivity index (χ3v) is 3.96. The number of para-hydroxylation sites is 2. The van der Waals surface area contributed by atoms with Gasteiger partial charge in [-0.2, -0.15) is 4.98 Å². The number of anilines is 1. The number of furan rings is 1. The standard InChI is InChI=1S/C17H11N5O/c18-17-21-13(14-16(22-17)20-8-19-14)11-6-3-5-10-9-4-1-2-7-12(9)23-15(10)11/h1-8H,(H3,18,19,20,21,22). The summed E-state index contributed by atoms with van der Waals surface area (Å²) in [4.78, 5) is 15.8. The van der Waals surface area contributed by atoms with Crippen molar-refractivity contribution in [2.45, 2.75) is 0 Å². The number of aromatic amines is 1. The molecule has 3 N–H and O–H groups in total. The highest BCUT2D eigenvalue weighted by atomic mass is 16.3. The molecule has 0 atom stereocenters. The fourth-order valence-electron chi connectivity index (χ4n) is 2.98. The Morgan fingerprint density at radius 2 is 1.83 bits per heavy atom. The van der Waals surface area contributed by atoms with Gasteiger partial charge in [-0.15, -0.1) is 0 Å². The molecule has 110 valence electrons. The number of nitrogens with one attached hydrogen (secondary N) is 1. The van der Waals surface area contributed by atoms with Crippen molar-refractivity contribution in [2.75, 3.05) is 5.73 Å². The molecule has 0 bridgehead atoms. The lowest BCUT2D eigenvalue weighted by Gasteiger charge is -2.04. The van der Waals surface area contributed by atoms with E-state index in [-0.39, 0.29) is 5.95 Å². The summed E-state index contributed by atoms with van der Waals surface area (Å²) < 4.78 is 6.07. The predicted molar refractivity (Wildman–Crippen MR) is 88.8 cm³/mol. The number of H-pyrrole nitrogens is 1. The smallest absolute Gasteiger partial charge is 0.222 e. The number of nitrogens with zero attached hydrogens (tertiary/aromatic N) is 3. The Kier molecular flexibility index (Phi) is 2.27. The number of rotatable bonds is 1. The first-order valence-corrected chi connectivity index (χ1v) is 7.18. The van der Waals surface area contributed by atoms with Crippen molar-refractivity contribution in [1.29, 1.82) is 0 Å². The Morgan fingerprint density at radius 1 is 0.957 bits per heavy atom. The highest BCUT2D eigenvalue weighted by Crippen LogP contribution is 2.36. The monoisotopic (exact) mass is 301 g/mol. The summed E-state index contributed by atoms with van der Waals surface area (Å²) in [6, 6.07) is 14.0. The fraction of sp³-hybridized carbons (Fsp3) is 0. The Bertz CT molecular complexity index is 1190. The largest absolute Gasteiger partial charge is 0.455 e. The molecule has 0 saturated carbocycles. The van der Waals surface area contributed by atoms with Gasteiger partial charge >= 0.3 is 0 Å². The second-order valence-corrected chi connectivity index (χ2v) is 5.31. The zero-order valence-electron chi connectivity index (χ0n) is 11.9. The third kappa shape index (κ3) is 1.66. The number of imidazole rings is 1. The van der Waals surface area contributed by atoms with E-state index >= 15 is 0 Å². The van der Waals surface area contributed by atoms with Crippen LogP contribution in [0.2, 0.25) is 0 Å². The van der Waals surface area contributed by atoms with Gasteiger partial charge in [0.1, 0.15) is 22.4 Å². The normalized spacial score (nSPS) is 11.7. The average Bonchev–Trinajstić information content (AvgIpc) is 3.17. The molecule has 5 rings (SSSR count). The summed E-state index contributed by atoms with van der Waals surface area (Å²) >= 11 is 0. The van der Waals surface area contributed by atoms with Crippen LogP contribution in [0.3, 0.4) is 0 Å². The van der Waals surface area contributed by atoms with E-state index in [9.17, 15) is 0 Å². The Balaban J connectivity index is 1.94. The van der Waals surface area contributed by atoms with Gasteiger partial charge in [-0.3, -0.25) is 0 Å². The van der Waals surface area contributed by atoms with Crippen LogP contribution in [-0.4, -0.2) is 19.9 Å². The zero-order chi connectivity index (χ0) is 15.4. The van der Waals surface area contributed by atoms with Gasteiger partial charge in [0.2, 0.25) is 5.95 Å². The molecule has 0 spiro atoms. The van der Waals surface area contributed by atoms with Gasteiger partial charge < -0.3 is 15.1 Å². The van der Waals surface area contributed by atoms with Crippen molar-refractivity contribution in [3.05, 3.63) is 48.8 Å². The minimum absolute atomic E-state index is 0.188. The van der Waals surface area contributed by atoms with Crippen molar-refractivity contribution >= 4 is 39.1 Å². The molecule has 0 radical (unpaired) electrons. The van der Waals surface area contributed by atoms with Gasteiger partial charge in [-0.25, -0.2) is 9.97 Å². The van der Waals surface area contributed by atoms with E-state index in [1.807, 2.05) is 42.5 Å². The second kappa shape index (κ2) is 4.30. The van der Waals surface area contributed by atoms with Crippen LogP contribution >= 0.6 is 0 Å². The minimum atomic E-state index is 0.188. The summed E-state index contributed by atoms with van der Waals surface area (Å²) in [6.07, 6.45) is 1.58. The van der Waals surface area contributed by atoms with Gasteiger partial charge in [0, 0.05) is 16.3 Å². The topological polar surface area (TPSA) is 93.6 Å². The Labute approximate surface area is 130 Å². The van der Waals surface area contributed by atoms with Crippen LogP contribution in [0.25, 0.3) is 44.4 Å². The number of nitrogens with two attached hydrogens (primary N) is 1. The lowest BCUT2D eigenvalue weighted by Crippen LogP contribution is -1.98. The van der Waals surface area contributed by atoms with Crippen molar-refractivity contribution in [3.63, 3.8) is 0 Å². The van der Waals surface area contributed by atoms with Crippen LogP contribution in [0, 0.1) is 0 Å². The Hall–Kier alpha value is -3.41. The average molecular weight is 301 g/mol. The van der Waals surface area contributed by atoms with Crippen molar-refractivity contribution in [2.24, 2.45) is 0 Å². The first kappa shape index (κ1) is 12.2. The van der Waals surface area contributed by atoms with E-state index in [0.29, 0.717) is 11.3 Å². The molecule has 6 heteroatoms. The first-order chi connectivity index (χ1) is 11.3. The van der Waals surface area contributed by atoms with E-state index in [1.165, 1.54) is 0 Å². The van der Waals surface area contributed by atoms with Crippen molar-refractivity contribution in [3.8, 4) is 11.3 Å². The molecule has 0 aliphatic heterocycles. The molecule has 0 unspecified atom stereocenters. The van der Waals surface area contributed by atoms with Crippen LogP contribution in [0.15, 0.2) is 53.2 Å². The number of hydrogen-bond acceptors (Lipinski definition) is 5. The quantitative estimate of drug-likeness (QED) is 0.494. The van der Waals surface area contributed by atoms with E-state index in [2.05, 4.69) is 19.9 Å². The SMILES string of the molecule is Nc1nc(-c2cccc3c2oc2ccccc23)c2[nH]cnc2n1. The zero-order valence-corrected chi connectivity index (χ0v) is 11.9. The predicted octanol–water partition coefficient (Wildman–Crippen LogP) is 3.50. The number of hydrogen-bond donors (Lipinski definition) is 2. The molecule has 0 amide bonds. The molecule has 6 nitrogen and oxygen atoms in total. The maximum absolute atomic E-state index is 6.07. The molecule has 5 aromatic rings. The molecule has 0 aliphatic carbocycles. The fourth-order valence-corrected chi connectivity index (χ4v) is 2.98. The lowest BCUT2D eigenvalue weighted by molar-refractivity contribution is 0.670. The molecule has 23 heavy (non-hydrogen) atoms. The van der Waals surface area contributed by atoms with Crippen LogP contribution in [0.1, 0.15) is 0 Å². The van der Waals surface area contributed by atoms with Crippen LogP contribution in [0.4, 0.5) is 5.95 Å². The molecule has 0 aliphatic rings. The number of fused-ring (bicyclic) bond motifs is 4. The summed E-state index contributed by atoms with van der Waals surface area (Å²) in [5, 5.41) is 2.12. The highest BCUT2D eigenvalue weighted by molar-refractivity contribution is 6.10. The van der Waals surface area contributed by atoms with Gasteiger partial charge in [-0.05, 0) is 12.1 Å². The van der Waals surface area contributed by atoms with Crippen molar-refractivity contribution in [1.82, 2.24) is 19.9 Å². The Morgan fingerprint density at radius 3 is 2.78 bits per heavy atom. The van der Waals surface area contributed by atoms with Gasteiger partial charge in [0.25, 0.3) is 0 Å². The number of benzene rings is 2. The first-order valence-electron chi connectivity index (χ1n) is 7.18. The number of nitrogen functional groups attached to an aromatic ring is 1. The molecule has 3 heterocycles. The number of aromatic nitrogens is 4. The van der Waals surface area contributed by atoms with Crippen LogP contribution in [-0.2, 0) is 0 Å². The van der Waals surface area contributed by atoms with Crippen LogP contribution in [0.5, 0.6) is 0 Å². The summed E-state index contributed by atoms with van der Waals surface area (Å²) in [6.45, 7) is 0. The summed E-state index contributed by atoms with van der Waals surface area (Å²) in [5.74, 6) is 0.188. The lowest BCUT2D eigenvalue weighted by atomic mass is 10.1.